The first-order valence-electron chi connectivity index (χ1n) is 8.05. The van der Waals surface area contributed by atoms with Gasteiger partial charge in [0.25, 0.3) is 5.91 Å². The van der Waals surface area contributed by atoms with Gasteiger partial charge in [0, 0.05) is 12.1 Å². The average Bonchev–Trinajstić information content (AvgIpc) is 3.19. The highest BCUT2D eigenvalue weighted by Crippen LogP contribution is 2.36. The number of carbonyl (C=O) groups is 1. The van der Waals surface area contributed by atoms with Crippen molar-refractivity contribution < 1.29 is 31.1 Å². The second-order valence-electron chi connectivity index (χ2n) is 5.98. The number of amides is 1. The van der Waals surface area contributed by atoms with Crippen molar-refractivity contribution in [3.05, 3.63) is 77.4 Å². The Balaban J connectivity index is 1.76. The van der Waals surface area contributed by atoms with Crippen LogP contribution in [0.4, 0.5) is 26.3 Å². The summed E-state index contributed by atoms with van der Waals surface area (Å²) in [5, 5.41) is 6.26. The number of aromatic nitrogens is 3. The molecule has 3 rings (SSSR count). The van der Waals surface area contributed by atoms with Crippen molar-refractivity contribution in [2.24, 2.45) is 0 Å². The van der Waals surface area contributed by atoms with E-state index in [0.717, 1.165) is 0 Å². The van der Waals surface area contributed by atoms with Crippen molar-refractivity contribution >= 4 is 5.91 Å². The molecular weight excluding hydrogens is 402 g/mol. The van der Waals surface area contributed by atoms with Gasteiger partial charge in [0.2, 0.25) is 0 Å². The van der Waals surface area contributed by atoms with E-state index >= 15 is 0 Å². The van der Waals surface area contributed by atoms with E-state index in [2.05, 4.69) is 15.4 Å². The van der Waals surface area contributed by atoms with Gasteiger partial charge in [0.15, 0.2) is 0 Å². The topological polar surface area (TPSA) is 59.8 Å². The minimum absolute atomic E-state index is 0.0281. The highest BCUT2D eigenvalue weighted by molar-refractivity contribution is 5.94. The summed E-state index contributed by atoms with van der Waals surface area (Å²) in [6.45, 7) is -0.0892. The van der Waals surface area contributed by atoms with E-state index in [0.29, 0.717) is 23.4 Å². The minimum atomic E-state index is -5.02. The smallest absolute Gasteiger partial charge is 0.348 e. The quantitative estimate of drug-likeness (QED) is 0.650. The molecular formula is C18H12F6N4O. The van der Waals surface area contributed by atoms with Crippen LogP contribution < -0.4 is 5.32 Å². The van der Waals surface area contributed by atoms with Crippen molar-refractivity contribution in [1.29, 1.82) is 0 Å². The molecule has 1 heterocycles. The average molecular weight is 414 g/mol. The molecule has 1 N–H and O–H groups in total. The predicted octanol–water partition coefficient (Wildman–Crippen LogP) is 4.23. The SMILES string of the molecule is O=C(NCc1ccc(-n2cncn2)cc1)c1cc(C(F)(F)F)cc(C(F)(F)F)c1. The molecule has 0 atom stereocenters. The van der Waals surface area contributed by atoms with Crippen LogP contribution in [-0.2, 0) is 18.9 Å². The number of alkyl halides is 6. The van der Waals surface area contributed by atoms with Gasteiger partial charge in [-0.2, -0.15) is 31.4 Å². The fourth-order valence-electron chi connectivity index (χ4n) is 2.48. The first-order valence-corrected chi connectivity index (χ1v) is 8.05. The Morgan fingerprint density at radius 1 is 0.931 bits per heavy atom. The Kier molecular flexibility index (Phi) is 5.31. The first kappa shape index (κ1) is 20.4. The lowest BCUT2D eigenvalue weighted by Gasteiger charge is -2.14. The Morgan fingerprint density at radius 3 is 2.00 bits per heavy atom. The van der Waals surface area contributed by atoms with Gasteiger partial charge in [-0.3, -0.25) is 4.79 Å². The van der Waals surface area contributed by atoms with Crippen LogP contribution in [-0.4, -0.2) is 20.7 Å². The fourth-order valence-corrected chi connectivity index (χ4v) is 2.48. The zero-order valence-electron chi connectivity index (χ0n) is 14.4. The van der Waals surface area contributed by atoms with E-state index in [9.17, 15) is 31.1 Å². The summed E-state index contributed by atoms with van der Waals surface area (Å²) in [6, 6.07) is 7.34. The molecule has 3 aromatic rings. The summed E-state index contributed by atoms with van der Waals surface area (Å²) in [7, 11) is 0. The van der Waals surface area contributed by atoms with Gasteiger partial charge in [-0.05, 0) is 35.9 Å². The van der Waals surface area contributed by atoms with Crippen LogP contribution in [0.25, 0.3) is 5.69 Å². The molecule has 0 aliphatic heterocycles. The maximum Gasteiger partial charge on any atom is 0.416 e. The van der Waals surface area contributed by atoms with E-state index in [1.54, 1.807) is 24.3 Å². The highest BCUT2D eigenvalue weighted by Gasteiger charge is 2.37. The van der Waals surface area contributed by atoms with Gasteiger partial charge in [-0.15, -0.1) is 0 Å². The lowest BCUT2D eigenvalue weighted by atomic mass is 10.0. The summed E-state index contributed by atoms with van der Waals surface area (Å²) in [5.74, 6) is -1.05. The van der Waals surface area contributed by atoms with Gasteiger partial charge in [0.1, 0.15) is 12.7 Å². The van der Waals surface area contributed by atoms with E-state index < -0.39 is 35.0 Å². The largest absolute Gasteiger partial charge is 0.416 e. The van der Waals surface area contributed by atoms with Crippen LogP contribution in [0.2, 0.25) is 0 Å². The molecule has 0 aliphatic rings. The molecule has 11 heteroatoms. The third kappa shape index (κ3) is 4.92. The summed E-state index contributed by atoms with van der Waals surface area (Å²) in [6.07, 6.45) is -7.22. The van der Waals surface area contributed by atoms with Crippen molar-refractivity contribution in [3.63, 3.8) is 0 Å². The molecule has 0 saturated heterocycles. The Labute approximate surface area is 160 Å². The zero-order valence-corrected chi connectivity index (χ0v) is 14.4. The van der Waals surface area contributed by atoms with Gasteiger partial charge in [0.05, 0.1) is 16.8 Å². The van der Waals surface area contributed by atoms with E-state index in [1.165, 1.54) is 17.3 Å². The molecule has 0 saturated carbocycles. The maximum absolute atomic E-state index is 12.9. The lowest BCUT2D eigenvalue weighted by molar-refractivity contribution is -0.143. The second kappa shape index (κ2) is 7.57. The molecule has 0 fully saturated rings. The molecule has 29 heavy (non-hydrogen) atoms. The van der Waals surface area contributed by atoms with Crippen LogP contribution >= 0.6 is 0 Å². The van der Waals surface area contributed by atoms with Crippen LogP contribution in [0.1, 0.15) is 27.0 Å². The number of rotatable bonds is 4. The monoisotopic (exact) mass is 414 g/mol. The molecule has 5 nitrogen and oxygen atoms in total. The molecule has 1 amide bonds. The standard InChI is InChI=1S/C18H12F6N4O/c19-17(20,21)13-5-12(6-14(7-13)18(22,23)24)16(29)26-8-11-1-3-15(4-2-11)28-10-25-9-27-28/h1-7,9-10H,8H2,(H,26,29). The number of hydrogen-bond acceptors (Lipinski definition) is 3. The van der Waals surface area contributed by atoms with Gasteiger partial charge >= 0.3 is 12.4 Å². The Hall–Kier alpha value is -3.37. The number of carbonyl (C=O) groups excluding carboxylic acids is 1. The summed E-state index contributed by atoms with van der Waals surface area (Å²) < 4.78 is 78.9. The van der Waals surface area contributed by atoms with Crippen LogP contribution in [0.15, 0.2) is 55.1 Å². The maximum atomic E-state index is 12.9. The number of hydrogen-bond donors (Lipinski definition) is 1. The number of halogens is 6. The fraction of sp³-hybridized carbons (Fsp3) is 0.167. The van der Waals surface area contributed by atoms with Crippen LogP contribution in [0.5, 0.6) is 0 Å². The lowest BCUT2D eigenvalue weighted by Crippen LogP contribution is -2.24. The van der Waals surface area contributed by atoms with Gasteiger partial charge in [-0.25, -0.2) is 9.67 Å². The van der Waals surface area contributed by atoms with Crippen LogP contribution in [0, 0.1) is 0 Å². The molecule has 0 radical (unpaired) electrons. The summed E-state index contributed by atoms with van der Waals surface area (Å²) in [4.78, 5) is 16.0. The van der Waals surface area contributed by atoms with Crippen molar-refractivity contribution in [2.75, 3.05) is 0 Å². The summed E-state index contributed by atoms with van der Waals surface area (Å²) >= 11 is 0. The van der Waals surface area contributed by atoms with Gasteiger partial charge < -0.3 is 5.32 Å². The van der Waals surface area contributed by atoms with Crippen LogP contribution in [0.3, 0.4) is 0 Å². The molecule has 0 bridgehead atoms. The normalized spacial score (nSPS) is 12.1. The first-order chi connectivity index (χ1) is 13.5. The van der Waals surface area contributed by atoms with Gasteiger partial charge in [-0.1, -0.05) is 12.1 Å². The third-order valence-electron chi connectivity index (χ3n) is 3.92. The molecule has 152 valence electrons. The Morgan fingerprint density at radius 2 is 1.52 bits per heavy atom. The van der Waals surface area contributed by atoms with E-state index in [-0.39, 0.29) is 12.6 Å². The highest BCUT2D eigenvalue weighted by atomic mass is 19.4. The molecule has 1 aromatic heterocycles. The Bertz CT molecular complexity index is 962. The predicted molar refractivity (Wildman–Crippen MR) is 89.0 cm³/mol. The minimum Gasteiger partial charge on any atom is -0.348 e. The van der Waals surface area contributed by atoms with Crippen molar-refractivity contribution in [2.45, 2.75) is 18.9 Å². The third-order valence-corrected chi connectivity index (χ3v) is 3.92. The number of nitrogens with one attached hydrogen (secondary N) is 1. The zero-order chi connectivity index (χ0) is 21.2. The molecule has 0 spiro atoms. The van der Waals surface area contributed by atoms with Crippen molar-refractivity contribution in [3.8, 4) is 5.69 Å². The van der Waals surface area contributed by atoms with Crippen molar-refractivity contribution in [1.82, 2.24) is 20.1 Å². The molecule has 0 aliphatic carbocycles. The molecule has 0 unspecified atom stereocenters. The number of nitrogens with zero attached hydrogens (tertiary/aromatic N) is 3. The molecule has 2 aromatic carbocycles. The van der Waals surface area contributed by atoms with E-state index in [4.69, 9.17) is 0 Å². The van der Waals surface area contributed by atoms with E-state index in [1.807, 2.05) is 0 Å². The summed E-state index contributed by atoms with van der Waals surface area (Å²) in [5.41, 5.74) is -2.55. The second-order valence-corrected chi connectivity index (χ2v) is 5.98. The number of benzene rings is 2.